The van der Waals surface area contributed by atoms with Crippen LogP contribution >= 0.6 is 11.8 Å². The molecule has 1 aliphatic heterocycles. The number of hydrogen-bond donors (Lipinski definition) is 0. The van der Waals surface area contributed by atoms with E-state index < -0.39 is 0 Å². The van der Waals surface area contributed by atoms with Gasteiger partial charge in [-0.1, -0.05) is 42.1 Å². The third kappa shape index (κ3) is 4.28. The number of thioether (sulfide) groups is 1. The summed E-state index contributed by atoms with van der Waals surface area (Å²) in [5, 5.41) is 9.06. The highest BCUT2D eigenvalue weighted by molar-refractivity contribution is 7.99. The van der Waals surface area contributed by atoms with Gasteiger partial charge in [0.2, 0.25) is 5.91 Å². The number of hydrogen-bond acceptors (Lipinski definition) is 6. The van der Waals surface area contributed by atoms with Crippen molar-refractivity contribution in [2.24, 2.45) is 7.05 Å². The predicted octanol–water partition coefficient (Wildman–Crippen LogP) is 2.51. The Labute approximate surface area is 168 Å². The second-order valence-corrected chi connectivity index (χ2v) is 7.72. The molecule has 0 atom stereocenters. The third-order valence-corrected chi connectivity index (χ3v) is 5.88. The average Bonchev–Trinajstić information content (AvgIpc) is 3.37. The van der Waals surface area contributed by atoms with E-state index in [1.807, 2.05) is 34.7 Å². The van der Waals surface area contributed by atoms with Crippen LogP contribution in [0.2, 0.25) is 0 Å². The maximum atomic E-state index is 12.6. The molecule has 0 saturated carbocycles. The molecule has 2 aromatic heterocycles. The quantitative estimate of drug-likeness (QED) is 0.596. The molecule has 1 aromatic carbocycles. The first-order chi connectivity index (χ1) is 13.7. The Bertz CT molecular complexity index is 902. The standard InChI is InChI=1S/C20H23N5O2S/c1-23-19(17-8-5-13-27-17)21-22-20(23)28-15-18(26)25-11-9-24(10-12-25)14-16-6-3-2-4-7-16/h2-8,13H,9-12,14-15H2,1H3. The molecule has 0 N–H and O–H groups in total. The van der Waals surface area contributed by atoms with Crippen LogP contribution in [0.3, 0.4) is 0 Å². The van der Waals surface area contributed by atoms with Crippen LogP contribution in [0.5, 0.6) is 0 Å². The van der Waals surface area contributed by atoms with E-state index in [-0.39, 0.29) is 5.91 Å². The van der Waals surface area contributed by atoms with Crippen molar-refractivity contribution in [2.75, 3.05) is 31.9 Å². The minimum absolute atomic E-state index is 0.145. The first kappa shape index (κ1) is 18.8. The number of rotatable bonds is 6. The Hall–Kier alpha value is -2.58. The molecule has 0 aliphatic carbocycles. The summed E-state index contributed by atoms with van der Waals surface area (Å²) >= 11 is 1.41. The largest absolute Gasteiger partial charge is 0.461 e. The summed E-state index contributed by atoms with van der Waals surface area (Å²) in [6.45, 7) is 4.27. The maximum absolute atomic E-state index is 12.6. The Morgan fingerprint density at radius 3 is 2.57 bits per heavy atom. The van der Waals surface area contributed by atoms with E-state index in [1.54, 1.807) is 6.26 Å². The lowest BCUT2D eigenvalue weighted by Gasteiger charge is -2.34. The van der Waals surface area contributed by atoms with Gasteiger partial charge in [0.25, 0.3) is 0 Å². The number of piperazine rings is 1. The van der Waals surface area contributed by atoms with Crippen LogP contribution in [0.25, 0.3) is 11.6 Å². The van der Waals surface area contributed by atoms with Gasteiger partial charge in [-0.15, -0.1) is 10.2 Å². The van der Waals surface area contributed by atoms with E-state index in [4.69, 9.17) is 4.42 Å². The Morgan fingerprint density at radius 1 is 1.07 bits per heavy atom. The average molecular weight is 398 g/mol. The first-order valence-electron chi connectivity index (χ1n) is 9.31. The Kier molecular flexibility index (Phi) is 5.78. The highest BCUT2D eigenvalue weighted by Crippen LogP contribution is 2.23. The molecule has 0 spiro atoms. The molecule has 3 aromatic rings. The number of benzene rings is 1. The summed E-state index contributed by atoms with van der Waals surface area (Å²) in [5.74, 6) is 1.84. The molecule has 1 amide bonds. The van der Waals surface area contributed by atoms with Gasteiger partial charge in [0, 0.05) is 39.8 Å². The zero-order valence-corrected chi connectivity index (χ0v) is 16.6. The molecular formula is C20H23N5O2S. The van der Waals surface area contributed by atoms with E-state index in [0.717, 1.165) is 32.7 Å². The number of furan rings is 1. The fourth-order valence-electron chi connectivity index (χ4n) is 3.28. The molecule has 146 valence electrons. The van der Waals surface area contributed by atoms with E-state index >= 15 is 0 Å². The number of aromatic nitrogens is 3. The summed E-state index contributed by atoms with van der Waals surface area (Å²) in [7, 11) is 1.88. The molecule has 28 heavy (non-hydrogen) atoms. The molecule has 1 saturated heterocycles. The van der Waals surface area contributed by atoms with Gasteiger partial charge in [-0.3, -0.25) is 9.69 Å². The summed E-state index contributed by atoms with van der Waals surface area (Å²) < 4.78 is 7.23. The molecule has 1 fully saturated rings. The van der Waals surface area contributed by atoms with E-state index in [9.17, 15) is 4.79 Å². The van der Waals surface area contributed by atoms with Crippen LogP contribution in [0.4, 0.5) is 0 Å². The van der Waals surface area contributed by atoms with Gasteiger partial charge < -0.3 is 13.9 Å². The van der Waals surface area contributed by atoms with Crippen LogP contribution in [0.15, 0.2) is 58.3 Å². The summed E-state index contributed by atoms with van der Waals surface area (Å²) in [6, 6.07) is 14.1. The van der Waals surface area contributed by atoms with Crippen LogP contribution in [0.1, 0.15) is 5.56 Å². The topological polar surface area (TPSA) is 67.4 Å². The van der Waals surface area contributed by atoms with Crippen molar-refractivity contribution < 1.29 is 9.21 Å². The second kappa shape index (κ2) is 8.62. The minimum atomic E-state index is 0.145. The number of carbonyl (C=O) groups is 1. The van der Waals surface area contributed by atoms with E-state index in [1.165, 1.54) is 17.3 Å². The molecular weight excluding hydrogens is 374 g/mol. The van der Waals surface area contributed by atoms with E-state index in [0.29, 0.717) is 22.5 Å². The van der Waals surface area contributed by atoms with Crippen molar-refractivity contribution in [1.29, 1.82) is 0 Å². The van der Waals surface area contributed by atoms with Crippen LogP contribution < -0.4 is 0 Å². The number of nitrogens with zero attached hydrogens (tertiary/aromatic N) is 5. The van der Waals surface area contributed by atoms with Crippen LogP contribution in [0, 0.1) is 0 Å². The zero-order valence-electron chi connectivity index (χ0n) is 15.8. The van der Waals surface area contributed by atoms with Crippen molar-refractivity contribution in [2.45, 2.75) is 11.7 Å². The lowest BCUT2D eigenvalue weighted by atomic mass is 10.2. The summed E-state index contributed by atoms with van der Waals surface area (Å²) in [5.41, 5.74) is 1.31. The van der Waals surface area contributed by atoms with Gasteiger partial charge in [-0.2, -0.15) is 0 Å². The molecule has 7 nitrogen and oxygen atoms in total. The lowest BCUT2D eigenvalue weighted by molar-refractivity contribution is -0.130. The molecule has 1 aliphatic rings. The smallest absolute Gasteiger partial charge is 0.233 e. The van der Waals surface area contributed by atoms with Crippen LogP contribution in [-0.4, -0.2) is 62.4 Å². The zero-order chi connectivity index (χ0) is 19.3. The molecule has 3 heterocycles. The summed E-state index contributed by atoms with van der Waals surface area (Å²) in [6.07, 6.45) is 1.61. The van der Waals surface area contributed by atoms with Gasteiger partial charge in [-0.25, -0.2) is 0 Å². The Balaban J connectivity index is 1.26. The monoisotopic (exact) mass is 397 g/mol. The normalized spacial score (nSPS) is 15.1. The maximum Gasteiger partial charge on any atom is 0.233 e. The van der Waals surface area contributed by atoms with Crippen molar-refractivity contribution in [3.63, 3.8) is 0 Å². The van der Waals surface area contributed by atoms with Crippen molar-refractivity contribution in [3.8, 4) is 11.6 Å². The van der Waals surface area contributed by atoms with Crippen molar-refractivity contribution >= 4 is 17.7 Å². The number of carbonyl (C=O) groups excluding carboxylic acids is 1. The van der Waals surface area contributed by atoms with Gasteiger partial charge in [0.05, 0.1) is 12.0 Å². The lowest BCUT2D eigenvalue weighted by Crippen LogP contribution is -2.48. The number of amides is 1. The van der Waals surface area contributed by atoms with Crippen LogP contribution in [-0.2, 0) is 18.4 Å². The fourth-order valence-corrected chi connectivity index (χ4v) is 4.09. The third-order valence-electron chi connectivity index (χ3n) is 4.88. The molecule has 0 radical (unpaired) electrons. The minimum Gasteiger partial charge on any atom is -0.461 e. The molecule has 4 rings (SSSR count). The highest BCUT2D eigenvalue weighted by Gasteiger charge is 2.22. The fraction of sp³-hybridized carbons (Fsp3) is 0.350. The highest BCUT2D eigenvalue weighted by atomic mass is 32.2. The second-order valence-electron chi connectivity index (χ2n) is 6.77. The van der Waals surface area contributed by atoms with Gasteiger partial charge in [0.1, 0.15) is 0 Å². The van der Waals surface area contributed by atoms with E-state index in [2.05, 4.69) is 39.4 Å². The molecule has 0 bridgehead atoms. The van der Waals surface area contributed by atoms with Crippen molar-refractivity contribution in [1.82, 2.24) is 24.6 Å². The van der Waals surface area contributed by atoms with Gasteiger partial charge >= 0.3 is 0 Å². The Morgan fingerprint density at radius 2 is 1.86 bits per heavy atom. The first-order valence-corrected chi connectivity index (χ1v) is 10.3. The SMILES string of the molecule is Cn1c(SCC(=O)N2CCN(Cc3ccccc3)CC2)nnc1-c1ccco1. The van der Waals surface area contributed by atoms with Crippen molar-refractivity contribution in [3.05, 3.63) is 54.3 Å². The predicted molar refractivity (Wildman–Crippen MR) is 108 cm³/mol. The van der Waals surface area contributed by atoms with Gasteiger partial charge in [-0.05, 0) is 17.7 Å². The van der Waals surface area contributed by atoms with Gasteiger partial charge in [0.15, 0.2) is 16.7 Å². The molecule has 8 heteroatoms. The summed E-state index contributed by atoms with van der Waals surface area (Å²) in [4.78, 5) is 16.9. The molecule has 0 unspecified atom stereocenters.